The van der Waals surface area contributed by atoms with Crippen LogP contribution >= 0.6 is 0 Å². The van der Waals surface area contributed by atoms with Gasteiger partial charge in [0.25, 0.3) is 5.95 Å². The number of benzene rings is 1. The molecule has 0 fully saturated rings. The summed E-state index contributed by atoms with van der Waals surface area (Å²) in [5, 5.41) is 8.66. The third-order valence-electron chi connectivity index (χ3n) is 2.22. The molecule has 4 heteroatoms. The first kappa shape index (κ1) is 12.0. The maximum atomic E-state index is 10.6. The molecule has 0 unspecified atom stereocenters. The predicted molar refractivity (Wildman–Crippen MR) is 66.6 cm³/mol. The lowest BCUT2D eigenvalue weighted by molar-refractivity contribution is 0.0654. The van der Waals surface area contributed by atoms with Gasteiger partial charge in [0.15, 0.2) is 0 Å². The molecule has 2 aromatic rings. The van der Waals surface area contributed by atoms with Crippen molar-refractivity contribution in [3.05, 3.63) is 59.9 Å². The maximum Gasteiger partial charge on any atom is 0.371 e. The Hall–Kier alpha value is -2.49. The van der Waals surface area contributed by atoms with Crippen molar-refractivity contribution in [3.63, 3.8) is 0 Å². The van der Waals surface area contributed by atoms with Crippen molar-refractivity contribution in [1.29, 1.82) is 0 Å². The standard InChI is InChI=1S/C14H12O4/c15-14(16)12-8-9-13(18-12)17-10-4-7-11-5-2-1-3-6-11/h1-9H,10H2,(H,15,16). The van der Waals surface area contributed by atoms with Gasteiger partial charge in [0.2, 0.25) is 5.76 Å². The van der Waals surface area contributed by atoms with Crippen LogP contribution in [0.25, 0.3) is 6.08 Å². The third kappa shape index (κ3) is 3.25. The summed E-state index contributed by atoms with van der Waals surface area (Å²) in [4.78, 5) is 10.6. The first-order valence-electron chi connectivity index (χ1n) is 5.43. The van der Waals surface area contributed by atoms with Gasteiger partial charge in [-0.15, -0.1) is 0 Å². The van der Waals surface area contributed by atoms with E-state index >= 15 is 0 Å². The molecule has 92 valence electrons. The molecule has 0 aliphatic rings. The second kappa shape index (κ2) is 5.72. The van der Waals surface area contributed by atoms with E-state index in [9.17, 15) is 4.79 Å². The van der Waals surface area contributed by atoms with Gasteiger partial charge in [-0.2, -0.15) is 0 Å². The van der Waals surface area contributed by atoms with Crippen LogP contribution in [0.3, 0.4) is 0 Å². The Kier molecular flexibility index (Phi) is 3.81. The van der Waals surface area contributed by atoms with Gasteiger partial charge < -0.3 is 14.3 Å². The van der Waals surface area contributed by atoms with E-state index < -0.39 is 5.97 Å². The Morgan fingerprint density at radius 2 is 2.00 bits per heavy atom. The molecule has 0 saturated heterocycles. The van der Waals surface area contributed by atoms with Crippen LogP contribution in [0.5, 0.6) is 5.95 Å². The zero-order valence-corrected chi connectivity index (χ0v) is 9.58. The molecule has 0 atom stereocenters. The minimum absolute atomic E-state index is 0.128. The van der Waals surface area contributed by atoms with Crippen molar-refractivity contribution in [3.8, 4) is 5.95 Å². The normalized spacial score (nSPS) is 10.7. The highest BCUT2D eigenvalue weighted by molar-refractivity contribution is 5.84. The summed E-state index contributed by atoms with van der Waals surface area (Å²) in [6.07, 6.45) is 3.75. The molecule has 1 N–H and O–H groups in total. The highest BCUT2D eigenvalue weighted by Gasteiger charge is 2.08. The van der Waals surface area contributed by atoms with Crippen molar-refractivity contribution in [1.82, 2.24) is 0 Å². The van der Waals surface area contributed by atoms with Gasteiger partial charge in [-0.25, -0.2) is 4.79 Å². The van der Waals surface area contributed by atoms with Crippen molar-refractivity contribution >= 4 is 12.0 Å². The van der Waals surface area contributed by atoms with Crippen molar-refractivity contribution in [2.75, 3.05) is 6.61 Å². The van der Waals surface area contributed by atoms with Crippen LogP contribution in [0.4, 0.5) is 0 Å². The van der Waals surface area contributed by atoms with Crippen LogP contribution in [-0.2, 0) is 0 Å². The Bertz CT molecular complexity index is 540. The van der Waals surface area contributed by atoms with Crippen LogP contribution in [0.15, 0.2) is 53.0 Å². The summed E-state index contributed by atoms with van der Waals surface area (Å²) in [7, 11) is 0. The molecular formula is C14H12O4. The SMILES string of the molecule is O=C(O)c1ccc(OCC=Cc2ccccc2)o1. The number of carboxylic acids is 1. The van der Waals surface area contributed by atoms with Gasteiger partial charge in [-0.3, -0.25) is 0 Å². The molecule has 4 nitrogen and oxygen atoms in total. The highest BCUT2D eigenvalue weighted by atomic mass is 16.6. The van der Waals surface area contributed by atoms with Crippen LogP contribution in [0.1, 0.15) is 16.1 Å². The van der Waals surface area contributed by atoms with Crippen molar-refractivity contribution in [2.45, 2.75) is 0 Å². The zero-order chi connectivity index (χ0) is 12.8. The van der Waals surface area contributed by atoms with E-state index in [0.717, 1.165) is 5.56 Å². The Morgan fingerprint density at radius 1 is 1.22 bits per heavy atom. The van der Waals surface area contributed by atoms with Gasteiger partial charge in [-0.1, -0.05) is 36.4 Å². The minimum atomic E-state index is -1.11. The van der Waals surface area contributed by atoms with Gasteiger partial charge in [0.1, 0.15) is 6.61 Å². The molecule has 0 aliphatic carbocycles. The molecule has 0 amide bonds. The van der Waals surface area contributed by atoms with Gasteiger partial charge in [-0.05, 0) is 17.7 Å². The zero-order valence-electron chi connectivity index (χ0n) is 9.58. The summed E-state index contributed by atoms with van der Waals surface area (Å²) in [5.74, 6) is -1.04. The van der Waals surface area contributed by atoms with Crippen LogP contribution in [0, 0.1) is 0 Å². The molecule has 0 aliphatic heterocycles. The van der Waals surface area contributed by atoms with E-state index in [-0.39, 0.29) is 11.7 Å². The Morgan fingerprint density at radius 3 is 2.67 bits per heavy atom. The summed E-state index contributed by atoms with van der Waals surface area (Å²) in [6.45, 7) is 0.321. The van der Waals surface area contributed by atoms with E-state index in [1.54, 1.807) is 0 Å². The number of carbonyl (C=O) groups is 1. The first-order valence-corrected chi connectivity index (χ1v) is 5.43. The van der Waals surface area contributed by atoms with Gasteiger partial charge >= 0.3 is 5.97 Å². The van der Waals surface area contributed by atoms with Gasteiger partial charge in [0.05, 0.1) is 0 Å². The molecule has 2 rings (SSSR count). The molecule has 1 aromatic heterocycles. The number of furan rings is 1. The second-order valence-corrected chi connectivity index (χ2v) is 3.55. The van der Waals surface area contributed by atoms with Crippen LogP contribution in [-0.4, -0.2) is 17.7 Å². The number of carboxylic acid groups (broad SMARTS) is 1. The summed E-state index contributed by atoms with van der Waals surface area (Å²) >= 11 is 0. The summed E-state index contributed by atoms with van der Waals surface area (Å²) < 4.78 is 10.2. The third-order valence-corrected chi connectivity index (χ3v) is 2.22. The largest absolute Gasteiger partial charge is 0.475 e. The minimum Gasteiger partial charge on any atom is -0.475 e. The summed E-state index contributed by atoms with van der Waals surface area (Å²) in [6, 6.07) is 12.7. The fourth-order valence-electron chi connectivity index (χ4n) is 1.39. The van der Waals surface area contributed by atoms with Crippen LogP contribution in [0.2, 0.25) is 0 Å². The topological polar surface area (TPSA) is 59.7 Å². The molecule has 18 heavy (non-hydrogen) atoms. The number of hydrogen-bond donors (Lipinski definition) is 1. The predicted octanol–water partition coefficient (Wildman–Crippen LogP) is 3.07. The highest BCUT2D eigenvalue weighted by Crippen LogP contribution is 2.15. The average molecular weight is 244 g/mol. The fourth-order valence-corrected chi connectivity index (χ4v) is 1.39. The Labute approximate surface area is 104 Å². The Balaban J connectivity index is 1.85. The molecule has 1 heterocycles. The summed E-state index contributed by atoms with van der Waals surface area (Å²) in [5.41, 5.74) is 1.08. The number of aromatic carboxylic acids is 1. The van der Waals surface area contributed by atoms with E-state index in [0.29, 0.717) is 6.61 Å². The quantitative estimate of drug-likeness (QED) is 0.878. The number of hydrogen-bond acceptors (Lipinski definition) is 3. The first-order chi connectivity index (χ1) is 8.75. The lowest BCUT2D eigenvalue weighted by atomic mass is 10.2. The number of rotatable bonds is 5. The molecular weight excluding hydrogens is 232 g/mol. The van der Waals surface area contributed by atoms with E-state index in [1.807, 2.05) is 42.5 Å². The smallest absolute Gasteiger partial charge is 0.371 e. The van der Waals surface area contributed by atoms with E-state index in [2.05, 4.69) is 0 Å². The molecule has 0 spiro atoms. The molecule has 0 saturated carbocycles. The van der Waals surface area contributed by atoms with Crippen LogP contribution < -0.4 is 4.74 Å². The van der Waals surface area contributed by atoms with E-state index in [1.165, 1.54) is 12.1 Å². The average Bonchev–Trinajstić information content (AvgIpc) is 2.85. The molecule has 0 radical (unpaired) electrons. The molecule has 1 aromatic carbocycles. The second-order valence-electron chi connectivity index (χ2n) is 3.55. The van der Waals surface area contributed by atoms with Gasteiger partial charge in [0, 0.05) is 6.07 Å². The van der Waals surface area contributed by atoms with Crippen molar-refractivity contribution < 1.29 is 19.1 Å². The van der Waals surface area contributed by atoms with Crippen molar-refractivity contribution in [2.24, 2.45) is 0 Å². The number of ether oxygens (including phenoxy) is 1. The monoisotopic (exact) mass is 244 g/mol. The molecule has 0 bridgehead atoms. The maximum absolute atomic E-state index is 10.6. The van der Waals surface area contributed by atoms with E-state index in [4.69, 9.17) is 14.3 Å². The fraction of sp³-hybridized carbons (Fsp3) is 0.0714. The lowest BCUT2D eigenvalue weighted by Gasteiger charge is -1.97. The lowest BCUT2D eigenvalue weighted by Crippen LogP contribution is -1.93.